The molecular weight excluding hydrogens is 591 g/mol. The molecule has 1 N–H and O–H groups in total. The molecular formula is C27H23BrCl2N6O2. The molecule has 0 aliphatic rings. The summed E-state index contributed by atoms with van der Waals surface area (Å²) in [5.41, 5.74) is 7.18. The van der Waals surface area contributed by atoms with Crippen molar-refractivity contribution in [3.8, 4) is 11.5 Å². The summed E-state index contributed by atoms with van der Waals surface area (Å²) in [5, 5.41) is 15.0. The molecule has 194 valence electrons. The fraction of sp³-hybridized carbons (Fsp3) is 0.185. The van der Waals surface area contributed by atoms with Crippen LogP contribution in [0.25, 0.3) is 22.1 Å². The zero-order valence-corrected chi connectivity index (χ0v) is 23.7. The summed E-state index contributed by atoms with van der Waals surface area (Å²) in [6.45, 7) is 3.26. The average molecular weight is 614 g/mol. The molecule has 0 atom stereocenters. The van der Waals surface area contributed by atoms with E-state index in [9.17, 15) is 0 Å². The third-order valence-electron chi connectivity index (χ3n) is 5.82. The van der Waals surface area contributed by atoms with E-state index in [-0.39, 0.29) is 0 Å². The number of methoxy groups -OCH3 is 1. The number of hydrogen-bond acceptors (Lipinski definition) is 7. The van der Waals surface area contributed by atoms with Crippen molar-refractivity contribution >= 4 is 73.4 Å². The molecule has 0 saturated carbocycles. The van der Waals surface area contributed by atoms with Gasteiger partial charge in [0.05, 0.1) is 33.4 Å². The molecule has 5 aromatic rings. The van der Waals surface area contributed by atoms with Crippen molar-refractivity contribution in [2.24, 2.45) is 5.10 Å². The SMILES string of the molecule is CCCn1c2ccccc2c2nnc(N/N=C/c3cc(Br)c(OCc4ccc(Cl)c(Cl)c4)c(OC)c3)nc21. The van der Waals surface area contributed by atoms with Gasteiger partial charge in [0.15, 0.2) is 17.1 Å². The third kappa shape index (κ3) is 5.41. The Labute approximate surface area is 237 Å². The van der Waals surface area contributed by atoms with Crippen molar-refractivity contribution in [1.29, 1.82) is 0 Å². The van der Waals surface area contributed by atoms with E-state index in [2.05, 4.69) is 59.2 Å². The molecule has 0 aliphatic carbocycles. The number of para-hydroxylation sites is 1. The molecule has 5 rings (SSSR count). The summed E-state index contributed by atoms with van der Waals surface area (Å²) in [6, 6.07) is 17.2. The van der Waals surface area contributed by atoms with Gasteiger partial charge in [0, 0.05) is 11.9 Å². The van der Waals surface area contributed by atoms with Gasteiger partial charge in [-0.3, -0.25) is 0 Å². The van der Waals surface area contributed by atoms with Gasteiger partial charge in [-0.2, -0.15) is 10.1 Å². The topological polar surface area (TPSA) is 86.5 Å². The average Bonchev–Trinajstić information content (AvgIpc) is 3.23. The number of aryl methyl sites for hydroxylation is 1. The molecule has 0 unspecified atom stereocenters. The van der Waals surface area contributed by atoms with E-state index in [1.165, 1.54) is 0 Å². The van der Waals surface area contributed by atoms with Gasteiger partial charge in [0.2, 0.25) is 0 Å². The first-order chi connectivity index (χ1) is 18.5. The molecule has 0 amide bonds. The van der Waals surface area contributed by atoms with Crippen LogP contribution in [0.15, 0.2) is 64.2 Å². The maximum Gasteiger partial charge on any atom is 0.265 e. The number of rotatable bonds is 9. The standard InChI is InChI=1S/C27H23BrCl2N6O2/c1-3-10-36-22-7-5-4-6-18(22)24-26(36)32-27(35-33-24)34-31-14-17-11-19(28)25(23(13-17)37-2)38-15-16-8-9-20(29)21(30)12-16/h4-9,11-14H,3,10,15H2,1-2H3,(H,32,34,35)/b31-14+. The molecule has 0 fully saturated rings. The van der Waals surface area contributed by atoms with Gasteiger partial charge in [0.25, 0.3) is 5.95 Å². The minimum Gasteiger partial charge on any atom is -0.493 e. The van der Waals surface area contributed by atoms with E-state index in [0.29, 0.717) is 38.6 Å². The molecule has 0 aliphatic heterocycles. The van der Waals surface area contributed by atoms with Crippen LogP contribution in [-0.4, -0.2) is 33.1 Å². The highest BCUT2D eigenvalue weighted by molar-refractivity contribution is 9.10. The summed E-state index contributed by atoms with van der Waals surface area (Å²) in [6.07, 6.45) is 2.62. The second-order valence-electron chi connectivity index (χ2n) is 8.42. The Bertz CT molecular complexity index is 1660. The molecule has 3 aromatic carbocycles. The largest absolute Gasteiger partial charge is 0.493 e. The number of anilines is 1. The van der Waals surface area contributed by atoms with Crippen molar-refractivity contribution < 1.29 is 9.47 Å². The molecule has 0 spiro atoms. The number of nitrogens with zero attached hydrogens (tertiary/aromatic N) is 5. The summed E-state index contributed by atoms with van der Waals surface area (Å²) in [7, 11) is 1.58. The number of hydrogen-bond donors (Lipinski definition) is 1. The number of nitrogens with one attached hydrogen (secondary N) is 1. The lowest BCUT2D eigenvalue weighted by Crippen LogP contribution is -2.03. The predicted octanol–water partition coefficient (Wildman–Crippen LogP) is 7.49. The van der Waals surface area contributed by atoms with E-state index in [1.807, 2.05) is 36.4 Å². The van der Waals surface area contributed by atoms with Crippen LogP contribution in [0.1, 0.15) is 24.5 Å². The van der Waals surface area contributed by atoms with Gasteiger partial charge in [-0.15, -0.1) is 10.2 Å². The van der Waals surface area contributed by atoms with Gasteiger partial charge in [-0.05, 0) is 63.8 Å². The second-order valence-corrected chi connectivity index (χ2v) is 10.1. The Hall–Kier alpha value is -3.40. The number of fused-ring (bicyclic) bond motifs is 3. The third-order valence-corrected chi connectivity index (χ3v) is 7.15. The van der Waals surface area contributed by atoms with Crippen LogP contribution in [0.2, 0.25) is 10.0 Å². The van der Waals surface area contributed by atoms with E-state index in [1.54, 1.807) is 25.5 Å². The zero-order valence-electron chi connectivity index (χ0n) is 20.6. The monoisotopic (exact) mass is 612 g/mol. The molecule has 8 nitrogen and oxygen atoms in total. The Morgan fingerprint density at radius 3 is 2.71 bits per heavy atom. The molecule has 2 aromatic heterocycles. The maximum atomic E-state index is 6.11. The van der Waals surface area contributed by atoms with Crippen LogP contribution >= 0.6 is 39.1 Å². The minimum atomic E-state index is 0.294. The fourth-order valence-corrected chi connectivity index (χ4v) is 5.00. The van der Waals surface area contributed by atoms with E-state index >= 15 is 0 Å². The van der Waals surface area contributed by atoms with Gasteiger partial charge in [0.1, 0.15) is 12.1 Å². The first-order valence-electron chi connectivity index (χ1n) is 11.8. The Kier molecular flexibility index (Phi) is 7.97. The second kappa shape index (κ2) is 11.6. The van der Waals surface area contributed by atoms with Crippen LogP contribution in [0.3, 0.4) is 0 Å². The van der Waals surface area contributed by atoms with Gasteiger partial charge in [-0.1, -0.05) is 54.4 Å². The molecule has 0 saturated heterocycles. The minimum absolute atomic E-state index is 0.294. The summed E-state index contributed by atoms with van der Waals surface area (Å²) < 4.78 is 14.4. The maximum absolute atomic E-state index is 6.11. The van der Waals surface area contributed by atoms with Crippen molar-refractivity contribution in [3.05, 3.63) is 80.2 Å². The molecule has 0 bridgehead atoms. The number of hydrazone groups is 1. The number of ether oxygens (including phenoxy) is 2. The van der Waals surface area contributed by atoms with Crippen molar-refractivity contribution in [1.82, 2.24) is 19.7 Å². The first kappa shape index (κ1) is 26.2. The highest BCUT2D eigenvalue weighted by atomic mass is 79.9. The van der Waals surface area contributed by atoms with Gasteiger partial charge in [-0.25, -0.2) is 5.43 Å². The van der Waals surface area contributed by atoms with E-state index in [0.717, 1.165) is 46.2 Å². The van der Waals surface area contributed by atoms with Crippen LogP contribution in [0.4, 0.5) is 5.95 Å². The number of aromatic nitrogens is 4. The normalized spacial score (nSPS) is 11.5. The Balaban J connectivity index is 1.34. The smallest absolute Gasteiger partial charge is 0.265 e. The predicted molar refractivity (Wildman–Crippen MR) is 156 cm³/mol. The molecule has 0 radical (unpaired) electrons. The Morgan fingerprint density at radius 2 is 1.92 bits per heavy atom. The van der Waals surface area contributed by atoms with Crippen LogP contribution in [-0.2, 0) is 13.2 Å². The number of benzene rings is 3. The van der Waals surface area contributed by atoms with Gasteiger partial charge >= 0.3 is 0 Å². The lowest BCUT2D eigenvalue weighted by molar-refractivity contribution is 0.282. The summed E-state index contributed by atoms with van der Waals surface area (Å²) >= 11 is 15.7. The van der Waals surface area contributed by atoms with Crippen molar-refractivity contribution in [3.63, 3.8) is 0 Å². The van der Waals surface area contributed by atoms with Gasteiger partial charge < -0.3 is 14.0 Å². The zero-order chi connectivity index (χ0) is 26.6. The van der Waals surface area contributed by atoms with Crippen LogP contribution < -0.4 is 14.9 Å². The highest BCUT2D eigenvalue weighted by Crippen LogP contribution is 2.37. The lowest BCUT2D eigenvalue weighted by Gasteiger charge is -2.14. The highest BCUT2D eigenvalue weighted by Gasteiger charge is 2.15. The number of halogens is 3. The van der Waals surface area contributed by atoms with Crippen LogP contribution in [0, 0.1) is 0 Å². The van der Waals surface area contributed by atoms with E-state index < -0.39 is 0 Å². The lowest BCUT2D eigenvalue weighted by atomic mass is 10.2. The van der Waals surface area contributed by atoms with Crippen LogP contribution in [0.5, 0.6) is 11.5 Å². The summed E-state index contributed by atoms with van der Waals surface area (Å²) in [5.74, 6) is 1.41. The van der Waals surface area contributed by atoms with Crippen molar-refractivity contribution in [2.75, 3.05) is 12.5 Å². The first-order valence-corrected chi connectivity index (χ1v) is 13.4. The van der Waals surface area contributed by atoms with Crippen molar-refractivity contribution in [2.45, 2.75) is 26.5 Å². The fourth-order valence-electron chi connectivity index (χ4n) is 4.10. The van der Waals surface area contributed by atoms with E-state index in [4.69, 9.17) is 32.7 Å². The Morgan fingerprint density at radius 1 is 1.08 bits per heavy atom. The molecule has 11 heteroatoms. The summed E-state index contributed by atoms with van der Waals surface area (Å²) in [4.78, 5) is 4.69. The molecule has 38 heavy (non-hydrogen) atoms. The quantitative estimate of drug-likeness (QED) is 0.137. The molecule has 2 heterocycles.